The van der Waals surface area contributed by atoms with Crippen LogP contribution in [0.15, 0.2) is 4.99 Å². The third-order valence-electron chi connectivity index (χ3n) is 4.05. The van der Waals surface area contributed by atoms with Crippen LogP contribution >= 0.6 is 11.8 Å². The van der Waals surface area contributed by atoms with Gasteiger partial charge in [-0.3, -0.25) is 14.7 Å². The zero-order chi connectivity index (χ0) is 15.1. The van der Waals surface area contributed by atoms with Crippen molar-refractivity contribution in [1.82, 2.24) is 20.0 Å². The van der Waals surface area contributed by atoms with E-state index in [2.05, 4.69) is 20.1 Å². The van der Waals surface area contributed by atoms with E-state index in [1.807, 2.05) is 23.7 Å². The topological polar surface area (TPSA) is 51.2 Å². The molecule has 6 nitrogen and oxygen atoms in total. The Hall–Kier alpha value is -0.950. The first-order valence-corrected chi connectivity index (χ1v) is 8.87. The molecule has 0 spiro atoms. The van der Waals surface area contributed by atoms with Crippen molar-refractivity contribution in [1.29, 1.82) is 0 Å². The molecular formula is C14H27N5OS. The van der Waals surface area contributed by atoms with Crippen molar-refractivity contribution in [2.75, 3.05) is 70.9 Å². The second-order valence-corrected chi connectivity index (χ2v) is 6.65. The molecule has 2 fully saturated rings. The van der Waals surface area contributed by atoms with Crippen molar-refractivity contribution in [3.05, 3.63) is 0 Å². The van der Waals surface area contributed by atoms with Gasteiger partial charge in [0, 0.05) is 77.8 Å². The van der Waals surface area contributed by atoms with E-state index in [1.54, 1.807) is 6.92 Å². The minimum absolute atomic E-state index is 0.167. The summed E-state index contributed by atoms with van der Waals surface area (Å²) in [6, 6.07) is 0. The Morgan fingerprint density at radius 1 is 1.10 bits per heavy atom. The van der Waals surface area contributed by atoms with Crippen LogP contribution in [0.4, 0.5) is 0 Å². The number of thioether (sulfide) groups is 1. The van der Waals surface area contributed by atoms with Gasteiger partial charge in [0.2, 0.25) is 5.91 Å². The Morgan fingerprint density at radius 3 is 2.29 bits per heavy atom. The maximum absolute atomic E-state index is 11.3. The fourth-order valence-corrected chi connectivity index (χ4v) is 3.69. The van der Waals surface area contributed by atoms with Crippen LogP contribution in [-0.4, -0.2) is 97.5 Å². The van der Waals surface area contributed by atoms with Crippen molar-refractivity contribution in [3.8, 4) is 0 Å². The van der Waals surface area contributed by atoms with E-state index < -0.39 is 0 Å². The average Bonchev–Trinajstić information content (AvgIpc) is 2.53. The summed E-state index contributed by atoms with van der Waals surface area (Å²) in [6.45, 7) is 9.35. The smallest absolute Gasteiger partial charge is 0.219 e. The fourth-order valence-electron chi connectivity index (χ4n) is 2.72. The summed E-state index contributed by atoms with van der Waals surface area (Å²) >= 11 is 2.04. The molecule has 2 rings (SSSR count). The molecule has 0 bridgehead atoms. The van der Waals surface area contributed by atoms with Gasteiger partial charge in [-0.2, -0.15) is 11.8 Å². The van der Waals surface area contributed by atoms with Gasteiger partial charge in [-0.05, 0) is 0 Å². The molecule has 0 aromatic rings. The second kappa shape index (κ2) is 8.48. The van der Waals surface area contributed by atoms with Crippen molar-refractivity contribution >= 4 is 23.6 Å². The maximum atomic E-state index is 11.3. The van der Waals surface area contributed by atoms with E-state index in [9.17, 15) is 4.79 Å². The van der Waals surface area contributed by atoms with Gasteiger partial charge < -0.3 is 15.1 Å². The molecule has 2 aliphatic rings. The molecule has 21 heavy (non-hydrogen) atoms. The highest BCUT2D eigenvalue weighted by molar-refractivity contribution is 7.99. The standard InChI is InChI=1S/C14H27N5OS/c1-13(20)18-5-7-19(8-6-18)14(15-2)16-3-4-17-9-11-21-12-10-17/h3-12H2,1-2H3,(H,15,16). The lowest BCUT2D eigenvalue weighted by Gasteiger charge is -2.36. The van der Waals surface area contributed by atoms with Gasteiger partial charge in [0.1, 0.15) is 0 Å². The molecular weight excluding hydrogens is 286 g/mol. The normalized spacial score (nSPS) is 21.5. The zero-order valence-corrected chi connectivity index (χ0v) is 14.0. The minimum Gasteiger partial charge on any atom is -0.355 e. The quantitative estimate of drug-likeness (QED) is 0.576. The van der Waals surface area contributed by atoms with Crippen LogP contribution in [0.5, 0.6) is 0 Å². The fraction of sp³-hybridized carbons (Fsp3) is 0.857. The number of piperazine rings is 1. The summed E-state index contributed by atoms with van der Waals surface area (Å²) in [5, 5.41) is 3.45. The number of hydrogen-bond donors (Lipinski definition) is 1. The monoisotopic (exact) mass is 313 g/mol. The lowest BCUT2D eigenvalue weighted by atomic mass is 10.3. The molecule has 0 aromatic heterocycles. The Morgan fingerprint density at radius 2 is 1.71 bits per heavy atom. The van der Waals surface area contributed by atoms with E-state index in [4.69, 9.17) is 0 Å². The van der Waals surface area contributed by atoms with Crippen molar-refractivity contribution < 1.29 is 4.79 Å². The molecule has 0 radical (unpaired) electrons. The first kappa shape index (κ1) is 16.4. The number of guanidine groups is 1. The summed E-state index contributed by atoms with van der Waals surface area (Å²) in [6.07, 6.45) is 0. The van der Waals surface area contributed by atoms with E-state index in [0.29, 0.717) is 0 Å². The van der Waals surface area contributed by atoms with Crippen LogP contribution in [0.25, 0.3) is 0 Å². The number of nitrogens with zero attached hydrogens (tertiary/aromatic N) is 4. The largest absolute Gasteiger partial charge is 0.355 e. The molecule has 2 heterocycles. The number of carbonyl (C=O) groups is 1. The Bertz CT molecular complexity index is 362. The molecule has 0 unspecified atom stereocenters. The molecule has 120 valence electrons. The number of aliphatic imine (C=N–C) groups is 1. The van der Waals surface area contributed by atoms with Gasteiger partial charge in [0.05, 0.1) is 0 Å². The maximum Gasteiger partial charge on any atom is 0.219 e. The summed E-state index contributed by atoms with van der Waals surface area (Å²) < 4.78 is 0. The van der Waals surface area contributed by atoms with Gasteiger partial charge in [0.25, 0.3) is 0 Å². The van der Waals surface area contributed by atoms with Crippen LogP contribution < -0.4 is 5.32 Å². The van der Waals surface area contributed by atoms with Crippen LogP contribution in [0.3, 0.4) is 0 Å². The lowest BCUT2D eigenvalue weighted by Crippen LogP contribution is -2.54. The van der Waals surface area contributed by atoms with Gasteiger partial charge in [-0.1, -0.05) is 0 Å². The molecule has 2 saturated heterocycles. The first-order valence-electron chi connectivity index (χ1n) is 7.72. The highest BCUT2D eigenvalue weighted by Crippen LogP contribution is 2.08. The molecule has 0 aliphatic carbocycles. The Balaban J connectivity index is 1.69. The number of hydrogen-bond acceptors (Lipinski definition) is 4. The van der Waals surface area contributed by atoms with Crippen LogP contribution in [0, 0.1) is 0 Å². The summed E-state index contributed by atoms with van der Waals surface area (Å²) in [5.41, 5.74) is 0. The average molecular weight is 313 g/mol. The van der Waals surface area contributed by atoms with E-state index >= 15 is 0 Å². The molecule has 2 aliphatic heterocycles. The predicted octanol–water partition coefficient (Wildman–Crippen LogP) is -0.225. The van der Waals surface area contributed by atoms with Crippen molar-refractivity contribution in [2.24, 2.45) is 4.99 Å². The molecule has 0 atom stereocenters. The highest BCUT2D eigenvalue weighted by atomic mass is 32.2. The third kappa shape index (κ3) is 5.07. The highest BCUT2D eigenvalue weighted by Gasteiger charge is 2.20. The van der Waals surface area contributed by atoms with Crippen LogP contribution in [0.1, 0.15) is 6.92 Å². The summed E-state index contributed by atoms with van der Waals surface area (Å²) in [7, 11) is 1.83. The molecule has 1 amide bonds. The van der Waals surface area contributed by atoms with Crippen LogP contribution in [-0.2, 0) is 4.79 Å². The second-order valence-electron chi connectivity index (χ2n) is 5.42. The SMILES string of the molecule is CN=C(NCCN1CCSCC1)N1CCN(C(C)=O)CC1. The van der Waals surface area contributed by atoms with Crippen molar-refractivity contribution in [3.63, 3.8) is 0 Å². The Labute approximate surface area is 131 Å². The Kier molecular flexibility index (Phi) is 6.63. The number of carbonyl (C=O) groups excluding carboxylic acids is 1. The summed E-state index contributed by atoms with van der Waals surface area (Å²) in [4.78, 5) is 22.4. The number of amides is 1. The zero-order valence-electron chi connectivity index (χ0n) is 13.2. The van der Waals surface area contributed by atoms with Crippen LogP contribution in [0.2, 0.25) is 0 Å². The lowest BCUT2D eigenvalue weighted by molar-refractivity contribution is -0.130. The summed E-state index contributed by atoms with van der Waals surface area (Å²) in [5.74, 6) is 3.63. The molecule has 7 heteroatoms. The van der Waals surface area contributed by atoms with E-state index in [0.717, 1.165) is 45.2 Å². The molecule has 0 saturated carbocycles. The van der Waals surface area contributed by atoms with Gasteiger partial charge in [0.15, 0.2) is 5.96 Å². The van der Waals surface area contributed by atoms with Gasteiger partial charge in [-0.15, -0.1) is 0 Å². The van der Waals surface area contributed by atoms with Gasteiger partial charge >= 0.3 is 0 Å². The van der Waals surface area contributed by atoms with Crippen molar-refractivity contribution in [2.45, 2.75) is 6.92 Å². The predicted molar refractivity (Wildman–Crippen MR) is 89.0 cm³/mol. The number of nitrogens with one attached hydrogen (secondary N) is 1. The minimum atomic E-state index is 0.167. The molecule has 1 N–H and O–H groups in total. The van der Waals surface area contributed by atoms with E-state index in [1.165, 1.54) is 24.6 Å². The van der Waals surface area contributed by atoms with E-state index in [-0.39, 0.29) is 5.91 Å². The van der Waals surface area contributed by atoms with Gasteiger partial charge in [-0.25, -0.2) is 0 Å². The molecule has 0 aromatic carbocycles. The third-order valence-corrected chi connectivity index (χ3v) is 4.99. The number of rotatable bonds is 3. The first-order chi connectivity index (χ1) is 10.2.